The van der Waals surface area contributed by atoms with E-state index < -0.39 is 17.9 Å². The highest BCUT2D eigenvalue weighted by molar-refractivity contribution is 5.99. The van der Waals surface area contributed by atoms with E-state index in [1.807, 2.05) is 5.43 Å². The minimum atomic E-state index is -0.767. The van der Waals surface area contributed by atoms with Crippen molar-refractivity contribution in [2.75, 3.05) is 0 Å². The van der Waals surface area contributed by atoms with Crippen molar-refractivity contribution >= 4 is 11.8 Å². The van der Waals surface area contributed by atoms with Crippen LogP contribution in [0.5, 0.6) is 5.75 Å². The van der Waals surface area contributed by atoms with Crippen LogP contribution in [0.15, 0.2) is 24.3 Å². The number of nitrogens with one attached hydrogen (secondary N) is 2. The third-order valence-corrected chi connectivity index (χ3v) is 2.03. The Morgan fingerprint density at radius 3 is 2.56 bits per heavy atom. The highest BCUT2D eigenvalue weighted by atomic mass is 16.3. The second-order valence-corrected chi connectivity index (χ2v) is 3.22. The summed E-state index contributed by atoms with van der Waals surface area (Å²) in [5.41, 5.74) is 2.03. The van der Waals surface area contributed by atoms with Gasteiger partial charge in [0.2, 0.25) is 0 Å². The fourth-order valence-electron chi connectivity index (χ4n) is 1.13. The summed E-state index contributed by atoms with van der Waals surface area (Å²) in [6, 6.07) is 5.29. The monoisotopic (exact) mass is 223 g/mol. The Labute approximate surface area is 92.4 Å². The van der Waals surface area contributed by atoms with Gasteiger partial charge in [-0.05, 0) is 19.1 Å². The number of hydrazine groups is 1. The van der Waals surface area contributed by atoms with Crippen molar-refractivity contribution in [2.24, 2.45) is 5.84 Å². The predicted molar refractivity (Wildman–Crippen MR) is 57.4 cm³/mol. The first kappa shape index (κ1) is 12.0. The van der Waals surface area contributed by atoms with Crippen molar-refractivity contribution in [3.63, 3.8) is 0 Å². The van der Waals surface area contributed by atoms with E-state index in [4.69, 9.17) is 5.84 Å². The summed E-state index contributed by atoms with van der Waals surface area (Å²) < 4.78 is 0. The number of hydrogen-bond donors (Lipinski definition) is 4. The number of carbonyl (C=O) groups is 2. The summed E-state index contributed by atoms with van der Waals surface area (Å²) >= 11 is 0. The number of carbonyl (C=O) groups excluding carboxylic acids is 2. The van der Waals surface area contributed by atoms with Gasteiger partial charge in [-0.2, -0.15) is 0 Å². The SMILES string of the molecule is CC(NC(=O)c1ccccc1O)C(=O)NN. The standard InChI is InChI=1S/C10H13N3O3/c1-6(9(15)13-11)12-10(16)7-4-2-3-5-8(7)14/h2-6,14H,11H2,1H3,(H,12,16)(H,13,15). The lowest BCUT2D eigenvalue weighted by molar-refractivity contribution is -0.122. The summed E-state index contributed by atoms with van der Waals surface area (Å²) in [4.78, 5) is 22.7. The summed E-state index contributed by atoms with van der Waals surface area (Å²) in [5, 5.41) is 11.8. The molecule has 0 heterocycles. The molecule has 0 aliphatic carbocycles. The Morgan fingerprint density at radius 1 is 1.38 bits per heavy atom. The van der Waals surface area contributed by atoms with Crippen LogP contribution >= 0.6 is 0 Å². The first-order chi connectivity index (χ1) is 7.56. The highest BCUT2D eigenvalue weighted by Crippen LogP contribution is 2.15. The second-order valence-electron chi connectivity index (χ2n) is 3.22. The first-order valence-corrected chi connectivity index (χ1v) is 4.65. The minimum absolute atomic E-state index is 0.110. The Hall–Kier alpha value is -2.08. The number of para-hydroxylation sites is 1. The molecule has 1 rings (SSSR count). The summed E-state index contributed by atoms with van der Waals surface area (Å²) in [6.45, 7) is 1.49. The molecule has 5 N–H and O–H groups in total. The lowest BCUT2D eigenvalue weighted by Crippen LogP contribution is -2.47. The average Bonchev–Trinajstić information content (AvgIpc) is 2.28. The predicted octanol–water partition coefficient (Wildman–Crippen LogP) is -0.500. The summed E-state index contributed by atoms with van der Waals surface area (Å²) in [5.74, 6) is 3.73. The third kappa shape index (κ3) is 2.71. The molecule has 0 saturated heterocycles. The molecule has 86 valence electrons. The van der Waals surface area contributed by atoms with Crippen molar-refractivity contribution in [3.8, 4) is 5.75 Å². The van der Waals surface area contributed by atoms with Gasteiger partial charge in [0.05, 0.1) is 5.56 Å². The van der Waals surface area contributed by atoms with Gasteiger partial charge < -0.3 is 10.4 Å². The Kier molecular flexibility index (Phi) is 3.84. The van der Waals surface area contributed by atoms with Crippen molar-refractivity contribution in [2.45, 2.75) is 13.0 Å². The molecule has 0 fully saturated rings. The zero-order valence-electron chi connectivity index (χ0n) is 8.73. The van der Waals surface area contributed by atoms with Gasteiger partial charge in [0.1, 0.15) is 11.8 Å². The van der Waals surface area contributed by atoms with Gasteiger partial charge in [-0.3, -0.25) is 15.0 Å². The van der Waals surface area contributed by atoms with Crippen LogP contribution in [-0.2, 0) is 4.79 Å². The molecule has 6 heteroatoms. The van der Waals surface area contributed by atoms with E-state index in [0.717, 1.165) is 0 Å². The first-order valence-electron chi connectivity index (χ1n) is 4.65. The lowest BCUT2D eigenvalue weighted by Gasteiger charge is -2.12. The minimum Gasteiger partial charge on any atom is -0.507 e. The summed E-state index contributed by atoms with van der Waals surface area (Å²) in [6.07, 6.45) is 0. The molecule has 0 aliphatic heterocycles. The highest BCUT2D eigenvalue weighted by Gasteiger charge is 2.17. The summed E-state index contributed by atoms with van der Waals surface area (Å²) in [7, 11) is 0. The van der Waals surface area contributed by atoms with Crippen molar-refractivity contribution < 1.29 is 14.7 Å². The Balaban J connectivity index is 2.73. The fourth-order valence-corrected chi connectivity index (χ4v) is 1.13. The maximum atomic E-state index is 11.6. The molecule has 1 aromatic carbocycles. The number of amides is 2. The largest absolute Gasteiger partial charge is 0.507 e. The van der Waals surface area contributed by atoms with Gasteiger partial charge >= 0.3 is 0 Å². The van der Waals surface area contributed by atoms with Crippen molar-refractivity contribution in [3.05, 3.63) is 29.8 Å². The van der Waals surface area contributed by atoms with Gasteiger partial charge in [0, 0.05) is 0 Å². The van der Waals surface area contributed by atoms with Crippen LogP contribution in [0.3, 0.4) is 0 Å². The Morgan fingerprint density at radius 2 is 2.00 bits per heavy atom. The number of rotatable bonds is 3. The number of hydrogen-bond acceptors (Lipinski definition) is 4. The van der Waals surface area contributed by atoms with Crippen LogP contribution in [-0.4, -0.2) is 23.0 Å². The van der Waals surface area contributed by atoms with E-state index in [-0.39, 0.29) is 11.3 Å². The molecule has 1 atom stereocenters. The third-order valence-electron chi connectivity index (χ3n) is 2.03. The molecule has 0 bridgehead atoms. The number of nitrogens with two attached hydrogens (primary N) is 1. The number of phenols is 1. The van der Waals surface area contributed by atoms with Gasteiger partial charge in [-0.1, -0.05) is 12.1 Å². The van der Waals surface area contributed by atoms with E-state index in [1.54, 1.807) is 12.1 Å². The van der Waals surface area contributed by atoms with Crippen LogP contribution in [0.2, 0.25) is 0 Å². The number of aromatic hydroxyl groups is 1. The maximum absolute atomic E-state index is 11.6. The maximum Gasteiger partial charge on any atom is 0.256 e. The molecular formula is C10H13N3O3. The molecule has 0 radical (unpaired) electrons. The fraction of sp³-hybridized carbons (Fsp3) is 0.200. The van der Waals surface area contributed by atoms with Gasteiger partial charge in [0.15, 0.2) is 0 Å². The molecular weight excluding hydrogens is 210 g/mol. The number of benzene rings is 1. The molecule has 6 nitrogen and oxygen atoms in total. The second kappa shape index (κ2) is 5.13. The van der Waals surface area contributed by atoms with E-state index in [0.29, 0.717) is 0 Å². The molecule has 0 spiro atoms. The molecule has 0 saturated carbocycles. The molecule has 1 aromatic rings. The van der Waals surface area contributed by atoms with E-state index >= 15 is 0 Å². The van der Waals surface area contributed by atoms with Gasteiger partial charge in [-0.15, -0.1) is 0 Å². The Bertz CT molecular complexity index is 406. The van der Waals surface area contributed by atoms with Gasteiger partial charge in [0.25, 0.3) is 11.8 Å². The van der Waals surface area contributed by atoms with E-state index in [2.05, 4.69) is 5.32 Å². The van der Waals surface area contributed by atoms with Crippen LogP contribution in [0.4, 0.5) is 0 Å². The van der Waals surface area contributed by atoms with Gasteiger partial charge in [-0.25, -0.2) is 5.84 Å². The average molecular weight is 223 g/mol. The van der Waals surface area contributed by atoms with Crippen molar-refractivity contribution in [1.82, 2.24) is 10.7 Å². The zero-order valence-corrected chi connectivity index (χ0v) is 8.73. The molecule has 0 aromatic heterocycles. The smallest absolute Gasteiger partial charge is 0.256 e. The number of phenolic OH excluding ortho intramolecular Hbond substituents is 1. The molecule has 16 heavy (non-hydrogen) atoms. The zero-order chi connectivity index (χ0) is 12.1. The molecule has 2 amide bonds. The van der Waals surface area contributed by atoms with E-state index in [1.165, 1.54) is 19.1 Å². The van der Waals surface area contributed by atoms with Crippen molar-refractivity contribution in [1.29, 1.82) is 0 Å². The normalized spacial score (nSPS) is 11.6. The van der Waals surface area contributed by atoms with Crippen LogP contribution in [0, 0.1) is 0 Å². The molecule has 0 aliphatic rings. The van der Waals surface area contributed by atoms with Crippen LogP contribution in [0.1, 0.15) is 17.3 Å². The molecule has 1 unspecified atom stereocenters. The quantitative estimate of drug-likeness (QED) is 0.315. The van der Waals surface area contributed by atoms with Crippen LogP contribution < -0.4 is 16.6 Å². The lowest BCUT2D eigenvalue weighted by atomic mass is 10.2. The topological polar surface area (TPSA) is 104 Å². The van der Waals surface area contributed by atoms with Crippen LogP contribution in [0.25, 0.3) is 0 Å². The van der Waals surface area contributed by atoms with E-state index in [9.17, 15) is 14.7 Å².